The van der Waals surface area contributed by atoms with Crippen LogP contribution in [0.15, 0.2) is 61.2 Å². The van der Waals surface area contributed by atoms with Gasteiger partial charge in [0.1, 0.15) is 0 Å². The van der Waals surface area contributed by atoms with E-state index in [2.05, 4.69) is 26.5 Å². The Morgan fingerprint density at radius 2 is 1.43 bits per heavy atom. The summed E-state index contributed by atoms with van der Waals surface area (Å²) in [5.74, 6) is -0.0808. The van der Waals surface area contributed by atoms with E-state index < -0.39 is 0 Å². The molecule has 0 aliphatic rings. The van der Waals surface area contributed by atoms with Crippen molar-refractivity contribution in [3.8, 4) is 0 Å². The molecule has 0 bridgehead atoms. The Labute approximate surface area is 134 Å². The van der Waals surface area contributed by atoms with Gasteiger partial charge in [-0.15, -0.1) is 0 Å². The van der Waals surface area contributed by atoms with Crippen LogP contribution >= 0.6 is 0 Å². The monoisotopic (exact) mass is 324 g/mol. The number of allylic oxidation sites excluding steroid dienone is 4. The minimum Gasteiger partial charge on any atom is 0 e. The van der Waals surface area contributed by atoms with E-state index in [1.165, 1.54) is 12.2 Å². The molecule has 0 N–H and O–H groups in total. The Balaban J connectivity index is -0.000000183. The predicted octanol–water partition coefficient (Wildman–Crippen LogP) is 2.90. The van der Waals surface area contributed by atoms with Crippen LogP contribution in [0.1, 0.15) is 5.56 Å². The summed E-state index contributed by atoms with van der Waals surface area (Å²) in [5, 5.41) is 0. The number of benzene rings is 1. The molecule has 0 saturated carbocycles. The van der Waals surface area contributed by atoms with Crippen molar-refractivity contribution in [1.82, 2.24) is 0 Å². The van der Waals surface area contributed by atoms with E-state index in [9.17, 15) is 4.79 Å². The summed E-state index contributed by atoms with van der Waals surface area (Å²) in [4.78, 5) is 10.8. The molecule has 1 aromatic carbocycles. The van der Waals surface area contributed by atoms with E-state index in [0.717, 1.165) is 5.56 Å². The van der Waals surface area contributed by atoms with Crippen LogP contribution in [0.4, 0.5) is 0 Å². The molecule has 5 heteroatoms. The van der Waals surface area contributed by atoms with Gasteiger partial charge in [-0.1, -0.05) is 55.1 Å². The molecular formula is C16H12FeO4. The SMILES string of the molecule is C=CC(=O)/C=C/C=C/c1ccccc1.[C-]#[O+].[C-]#[O+].[C-]#[O+].[Fe]. The fraction of sp³-hybridized carbons (Fsp3) is 0. The first-order valence-electron chi connectivity index (χ1n) is 5.00. The zero-order valence-corrected chi connectivity index (χ0v) is 12.1. The van der Waals surface area contributed by atoms with Crippen molar-refractivity contribution < 1.29 is 35.8 Å². The summed E-state index contributed by atoms with van der Waals surface area (Å²) in [5.41, 5.74) is 1.11. The van der Waals surface area contributed by atoms with Crippen LogP contribution in [0.5, 0.6) is 0 Å². The van der Waals surface area contributed by atoms with Crippen molar-refractivity contribution in [3.63, 3.8) is 0 Å². The Morgan fingerprint density at radius 3 is 1.86 bits per heavy atom. The maximum atomic E-state index is 10.8. The van der Waals surface area contributed by atoms with Crippen LogP contribution in [0.25, 0.3) is 6.08 Å². The third-order valence-corrected chi connectivity index (χ3v) is 1.66. The van der Waals surface area contributed by atoms with Crippen molar-refractivity contribution in [2.75, 3.05) is 0 Å². The van der Waals surface area contributed by atoms with Crippen molar-refractivity contribution in [3.05, 3.63) is 86.7 Å². The van der Waals surface area contributed by atoms with Gasteiger partial charge in [-0.25, -0.2) is 0 Å². The summed E-state index contributed by atoms with van der Waals surface area (Å²) in [7, 11) is 0. The molecule has 0 heterocycles. The topological polar surface area (TPSA) is 76.8 Å². The molecule has 0 aromatic heterocycles. The number of rotatable bonds is 4. The average Bonchev–Trinajstić information content (AvgIpc) is 2.58. The fourth-order valence-corrected chi connectivity index (χ4v) is 0.949. The summed E-state index contributed by atoms with van der Waals surface area (Å²) in [6.07, 6.45) is 8.24. The minimum absolute atomic E-state index is 0. The number of ketones is 1. The van der Waals surface area contributed by atoms with Crippen LogP contribution in [0, 0.1) is 20.0 Å². The molecule has 4 nitrogen and oxygen atoms in total. The normalized spacial score (nSPS) is 7.52. The van der Waals surface area contributed by atoms with Crippen molar-refractivity contribution in [2.45, 2.75) is 0 Å². The van der Waals surface area contributed by atoms with Crippen LogP contribution in [-0.2, 0) is 35.8 Å². The zero-order chi connectivity index (χ0) is 16.2. The van der Waals surface area contributed by atoms with Crippen molar-refractivity contribution in [1.29, 1.82) is 0 Å². The second-order valence-corrected chi connectivity index (χ2v) is 2.74. The molecule has 0 atom stereocenters. The molecule has 0 radical (unpaired) electrons. The summed E-state index contributed by atoms with van der Waals surface area (Å²) in [6, 6.07) is 9.91. The van der Waals surface area contributed by atoms with Crippen molar-refractivity contribution >= 4 is 11.9 Å². The molecule has 1 rings (SSSR count). The molecule has 0 amide bonds. The molecule has 0 aliphatic heterocycles. The summed E-state index contributed by atoms with van der Waals surface area (Å²) < 4.78 is 22.5. The van der Waals surface area contributed by atoms with Gasteiger partial charge in [0.15, 0.2) is 5.78 Å². The standard InChI is InChI=1S/C13H12O.3CO.Fe/c1-2-13(14)11-7-6-10-12-8-4-3-5-9-12;3*1-2;/h2-11H,1H2;;;;/b10-6+,11-7+;;;;. The quantitative estimate of drug-likeness (QED) is 0.276. The molecule has 0 unspecified atom stereocenters. The smallest absolute Gasteiger partial charge is 0 e. The Morgan fingerprint density at radius 1 is 0.952 bits per heavy atom. The third kappa shape index (κ3) is 20.3. The largest absolute Gasteiger partial charge is 0 e. The molecule has 108 valence electrons. The minimum atomic E-state index is -0.0808. The van der Waals surface area contributed by atoms with Gasteiger partial charge in [-0.2, -0.15) is 0 Å². The Hall–Kier alpha value is -2.15. The first-order chi connectivity index (χ1) is 9.83. The maximum absolute atomic E-state index is 10.8. The molecular weight excluding hydrogens is 312 g/mol. The molecule has 21 heavy (non-hydrogen) atoms. The number of carbonyl (C=O) groups is 1. The molecule has 0 fully saturated rings. The predicted molar refractivity (Wildman–Crippen MR) is 71.6 cm³/mol. The van der Waals surface area contributed by atoms with Crippen LogP contribution in [0.2, 0.25) is 0 Å². The van der Waals surface area contributed by atoms with Crippen LogP contribution in [-0.4, -0.2) is 5.78 Å². The summed E-state index contributed by atoms with van der Waals surface area (Å²) in [6.45, 7) is 16.9. The number of carbonyl (C=O) groups excluding carboxylic acids is 1. The second kappa shape index (κ2) is 26.4. The van der Waals surface area contributed by atoms with Gasteiger partial charge < -0.3 is 0 Å². The van der Waals surface area contributed by atoms with Gasteiger partial charge >= 0.3 is 33.9 Å². The van der Waals surface area contributed by atoms with E-state index in [4.69, 9.17) is 14.0 Å². The first-order valence-corrected chi connectivity index (χ1v) is 5.00. The van der Waals surface area contributed by atoms with Crippen LogP contribution in [0.3, 0.4) is 0 Å². The van der Waals surface area contributed by atoms with E-state index in [1.807, 2.05) is 42.5 Å². The molecule has 1 aromatic rings. The molecule has 0 saturated heterocycles. The van der Waals surface area contributed by atoms with Gasteiger partial charge in [-0.05, 0) is 17.7 Å². The van der Waals surface area contributed by atoms with Gasteiger partial charge in [0.05, 0.1) is 0 Å². The van der Waals surface area contributed by atoms with Crippen LogP contribution < -0.4 is 0 Å². The fourth-order valence-electron chi connectivity index (χ4n) is 0.949. The van der Waals surface area contributed by atoms with E-state index in [1.54, 1.807) is 6.08 Å². The summed E-state index contributed by atoms with van der Waals surface area (Å²) >= 11 is 0. The van der Waals surface area contributed by atoms with Gasteiger partial charge in [0.25, 0.3) is 0 Å². The van der Waals surface area contributed by atoms with Gasteiger partial charge in [-0.3, -0.25) is 4.79 Å². The van der Waals surface area contributed by atoms with Crippen molar-refractivity contribution in [2.24, 2.45) is 0 Å². The maximum Gasteiger partial charge on any atom is 0 e. The third-order valence-electron chi connectivity index (χ3n) is 1.66. The van der Waals surface area contributed by atoms with Gasteiger partial charge in [0, 0.05) is 17.1 Å². The molecule has 0 spiro atoms. The average molecular weight is 324 g/mol. The van der Waals surface area contributed by atoms with E-state index in [0.29, 0.717) is 0 Å². The van der Waals surface area contributed by atoms with E-state index >= 15 is 0 Å². The Kier molecular flexibility index (Phi) is 34.3. The number of hydrogen-bond acceptors (Lipinski definition) is 1. The second-order valence-electron chi connectivity index (χ2n) is 2.74. The number of hydrogen-bond donors (Lipinski definition) is 0. The zero-order valence-electron chi connectivity index (χ0n) is 11.0. The van der Waals surface area contributed by atoms with Gasteiger partial charge in [0.2, 0.25) is 0 Å². The Bertz CT molecular complexity index is 468. The van der Waals surface area contributed by atoms with E-state index in [-0.39, 0.29) is 22.9 Å². The molecule has 0 aliphatic carbocycles. The first kappa shape index (κ1) is 27.2.